The van der Waals surface area contributed by atoms with E-state index in [4.69, 9.17) is 14.2 Å². The van der Waals surface area contributed by atoms with Crippen molar-refractivity contribution in [1.29, 1.82) is 0 Å². The maximum atomic E-state index is 13.7. The van der Waals surface area contributed by atoms with Crippen LogP contribution in [-0.2, 0) is 11.2 Å². The van der Waals surface area contributed by atoms with Gasteiger partial charge in [-0.1, -0.05) is 6.07 Å². The second-order valence-corrected chi connectivity index (χ2v) is 8.14. The third-order valence-electron chi connectivity index (χ3n) is 5.56. The minimum absolute atomic E-state index is 0.148. The number of halogens is 2. The Bertz CT molecular complexity index is 909. The van der Waals surface area contributed by atoms with E-state index in [0.29, 0.717) is 57.2 Å². The van der Waals surface area contributed by atoms with Gasteiger partial charge in [0.05, 0.1) is 13.0 Å². The molecule has 2 aromatic carbocycles. The van der Waals surface area contributed by atoms with Crippen LogP contribution in [0.5, 0.6) is 17.2 Å². The molecule has 2 atom stereocenters. The Morgan fingerprint density at radius 2 is 1.94 bits per heavy atom. The number of benzene rings is 2. The van der Waals surface area contributed by atoms with E-state index in [1.807, 2.05) is 23.1 Å². The third kappa shape index (κ3) is 6.32. The van der Waals surface area contributed by atoms with E-state index in [1.54, 1.807) is 0 Å². The van der Waals surface area contributed by atoms with Gasteiger partial charge in [-0.2, -0.15) is 0 Å². The van der Waals surface area contributed by atoms with Crippen molar-refractivity contribution in [2.24, 2.45) is 0 Å². The maximum absolute atomic E-state index is 13.7. The number of carbonyl (C=O) groups is 1. The lowest BCUT2D eigenvalue weighted by Crippen LogP contribution is -2.45. The van der Waals surface area contributed by atoms with Gasteiger partial charge in [0, 0.05) is 25.7 Å². The van der Waals surface area contributed by atoms with Crippen molar-refractivity contribution >= 4 is 5.91 Å². The first kappa shape index (κ1) is 22.3. The van der Waals surface area contributed by atoms with E-state index in [2.05, 4.69) is 5.32 Å². The summed E-state index contributed by atoms with van der Waals surface area (Å²) in [6.07, 6.45) is 0.468. The molecule has 0 spiro atoms. The van der Waals surface area contributed by atoms with Crippen molar-refractivity contribution in [2.45, 2.75) is 31.5 Å². The minimum Gasteiger partial charge on any atom is -0.493 e. The molecule has 2 aliphatic heterocycles. The summed E-state index contributed by atoms with van der Waals surface area (Å²) in [4.78, 5) is 14.6. The largest absolute Gasteiger partial charge is 0.493 e. The molecule has 0 bridgehead atoms. The number of hydrogen-bond acceptors (Lipinski definition) is 5. The number of alkyl halides is 1. The molecule has 0 aromatic heterocycles. The number of fused-ring (bicyclic) bond motifs is 1. The summed E-state index contributed by atoms with van der Waals surface area (Å²) in [5.74, 6) is 1.45. The number of amides is 1. The molecule has 1 N–H and O–H groups in total. The first-order valence-electron chi connectivity index (χ1n) is 11.0. The molecule has 172 valence electrons. The molecular formula is C24H28F2N2O4. The van der Waals surface area contributed by atoms with Gasteiger partial charge in [0.1, 0.15) is 31.0 Å². The molecule has 6 nitrogen and oxygen atoms in total. The van der Waals surface area contributed by atoms with Crippen molar-refractivity contribution in [1.82, 2.24) is 10.2 Å². The van der Waals surface area contributed by atoms with Gasteiger partial charge in [-0.05, 0) is 54.8 Å². The molecule has 0 radical (unpaired) electrons. The monoisotopic (exact) mass is 446 g/mol. The number of rotatable bonds is 9. The van der Waals surface area contributed by atoms with Crippen molar-refractivity contribution in [2.75, 3.05) is 39.5 Å². The molecule has 1 saturated heterocycles. The van der Waals surface area contributed by atoms with Gasteiger partial charge in [0.2, 0.25) is 5.91 Å². The number of hydrogen-bond donors (Lipinski definition) is 1. The van der Waals surface area contributed by atoms with Crippen LogP contribution >= 0.6 is 0 Å². The lowest BCUT2D eigenvalue weighted by molar-refractivity contribution is -0.122. The van der Waals surface area contributed by atoms with Crippen molar-refractivity contribution in [3.63, 3.8) is 0 Å². The van der Waals surface area contributed by atoms with Gasteiger partial charge in [-0.3, -0.25) is 9.69 Å². The standard InChI is InChI=1S/C24H28F2N2O4/c25-18-2-4-21(5-3-18)30-10-8-24(29)27-20(16-28-9-7-19(26)15-28)13-17-1-6-22-23(14-17)32-12-11-31-22/h1-6,14,19-20H,7-13,15-16H2,(H,27,29). The fourth-order valence-corrected chi connectivity index (χ4v) is 4.02. The van der Waals surface area contributed by atoms with Crippen LogP contribution in [0.1, 0.15) is 18.4 Å². The van der Waals surface area contributed by atoms with Crippen LogP contribution < -0.4 is 19.5 Å². The second kappa shape index (κ2) is 10.6. The van der Waals surface area contributed by atoms with Gasteiger partial charge < -0.3 is 19.5 Å². The lowest BCUT2D eigenvalue weighted by Gasteiger charge is -2.25. The molecule has 2 aliphatic rings. The second-order valence-electron chi connectivity index (χ2n) is 8.14. The molecule has 32 heavy (non-hydrogen) atoms. The van der Waals surface area contributed by atoms with Gasteiger partial charge in [0.15, 0.2) is 11.5 Å². The van der Waals surface area contributed by atoms with Crippen LogP contribution in [0.25, 0.3) is 0 Å². The summed E-state index contributed by atoms with van der Waals surface area (Å²) in [5, 5.41) is 3.07. The third-order valence-corrected chi connectivity index (χ3v) is 5.56. The highest BCUT2D eigenvalue weighted by molar-refractivity contribution is 5.76. The SMILES string of the molecule is O=C(CCOc1ccc(F)cc1)NC(Cc1ccc2c(c1)OCCO2)CN1CCC(F)C1. The topological polar surface area (TPSA) is 60.0 Å². The zero-order valence-electron chi connectivity index (χ0n) is 17.9. The average molecular weight is 446 g/mol. The molecule has 1 fully saturated rings. The zero-order chi connectivity index (χ0) is 22.3. The van der Waals surface area contributed by atoms with Gasteiger partial charge in [-0.15, -0.1) is 0 Å². The molecule has 4 rings (SSSR count). The maximum Gasteiger partial charge on any atom is 0.223 e. The number of carbonyl (C=O) groups excluding carboxylic acids is 1. The molecule has 0 aliphatic carbocycles. The Kier molecular flexibility index (Phi) is 7.42. The first-order chi connectivity index (χ1) is 15.5. The predicted octanol–water partition coefficient (Wildman–Crippen LogP) is 3.14. The van der Waals surface area contributed by atoms with Crippen molar-refractivity contribution < 1.29 is 27.8 Å². The Labute approximate surface area is 186 Å². The predicted molar refractivity (Wildman–Crippen MR) is 116 cm³/mol. The molecule has 2 heterocycles. The number of ether oxygens (including phenoxy) is 3. The van der Waals surface area contributed by atoms with Crippen LogP contribution in [0.15, 0.2) is 42.5 Å². The highest BCUT2D eigenvalue weighted by atomic mass is 19.1. The summed E-state index contributed by atoms with van der Waals surface area (Å²) in [5.41, 5.74) is 1.01. The Morgan fingerprint density at radius 3 is 2.69 bits per heavy atom. The fraction of sp³-hybridized carbons (Fsp3) is 0.458. The van der Waals surface area contributed by atoms with E-state index in [-0.39, 0.29) is 30.8 Å². The van der Waals surface area contributed by atoms with Gasteiger partial charge in [0.25, 0.3) is 0 Å². The average Bonchev–Trinajstić information content (AvgIpc) is 3.19. The molecule has 1 amide bonds. The molecule has 0 saturated carbocycles. The summed E-state index contributed by atoms with van der Waals surface area (Å²) in [6.45, 7) is 2.87. The summed E-state index contributed by atoms with van der Waals surface area (Å²) < 4.78 is 43.4. The van der Waals surface area contributed by atoms with E-state index < -0.39 is 6.17 Å². The molecule has 2 aromatic rings. The fourth-order valence-electron chi connectivity index (χ4n) is 4.02. The summed E-state index contributed by atoms with van der Waals surface area (Å²) >= 11 is 0. The van der Waals surface area contributed by atoms with Crippen LogP contribution in [0.4, 0.5) is 8.78 Å². The van der Waals surface area contributed by atoms with E-state index in [0.717, 1.165) is 11.3 Å². The number of nitrogens with zero attached hydrogens (tertiary/aromatic N) is 1. The number of nitrogens with one attached hydrogen (secondary N) is 1. The lowest BCUT2D eigenvalue weighted by atomic mass is 10.0. The van der Waals surface area contributed by atoms with E-state index in [1.165, 1.54) is 24.3 Å². The van der Waals surface area contributed by atoms with Crippen molar-refractivity contribution in [3.8, 4) is 17.2 Å². The highest BCUT2D eigenvalue weighted by Crippen LogP contribution is 2.31. The minimum atomic E-state index is -0.815. The summed E-state index contributed by atoms with van der Waals surface area (Å²) in [6, 6.07) is 11.3. The van der Waals surface area contributed by atoms with Crippen LogP contribution in [0.2, 0.25) is 0 Å². The smallest absolute Gasteiger partial charge is 0.223 e. The normalized spacial score (nSPS) is 18.9. The Balaban J connectivity index is 1.34. The first-order valence-corrected chi connectivity index (χ1v) is 11.0. The van der Waals surface area contributed by atoms with Crippen LogP contribution in [0, 0.1) is 5.82 Å². The Hall–Kier alpha value is -2.87. The van der Waals surface area contributed by atoms with E-state index in [9.17, 15) is 13.6 Å². The highest BCUT2D eigenvalue weighted by Gasteiger charge is 2.25. The Morgan fingerprint density at radius 1 is 1.16 bits per heavy atom. The summed E-state index contributed by atoms with van der Waals surface area (Å²) in [7, 11) is 0. The molecule has 8 heteroatoms. The molecular weight excluding hydrogens is 418 g/mol. The van der Waals surface area contributed by atoms with Gasteiger partial charge >= 0.3 is 0 Å². The van der Waals surface area contributed by atoms with E-state index >= 15 is 0 Å². The zero-order valence-corrected chi connectivity index (χ0v) is 17.9. The van der Waals surface area contributed by atoms with Crippen LogP contribution in [0.3, 0.4) is 0 Å². The molecule has 2 unspecified atom stereocenters. The number of likely N-dealkylation sites (tertiary alicyclic amines) is 1. The quantitative estimate of drug-likeness (QED) is 0.642. The van der Waals surface area contributed by atoms with Crippen molar-refractivity contribution in [3.05, 3.63) is 53.8 Å². The van der Waals surface area contributed by atoms with Crippen LogP contribution in [-0.4, -0.2) is 62.5 Å². The van der Waals surface area contributed by atoms with Gasteiger partial charge in [-0.25, -0.2) is 8.78 Å².